The lowest BCUT2D eigenvalue weighted by molar-refractivity contribution is -0.125. The summed E-state index contributed by atoms with van der Waals surface area (Å²) in [5.74, 6) is -0.703. The van der Waals surface area contributed by atoms with E-state index in [0.29, 0.717) is 52.4 Å². The van der Waals surface area contributed by atoms with Crippen LogP contribution in [-0.4, -0.2) is 150 Å². The van der Waals surface area contributed by atoms with Crippen LogP contribution in [0, 0.1) is 0 Å². The Morgan fingerprint density at radius 1 is 0.417 bits per heavy atom. The van der Waals surface area contributed by atoms with Gasteiger partial charge in [-0.2, -0.15) is 0 Å². The van der Waals surface area contributed by atoms with E-state index in [1.807, 2.05) is 19.6 Å². The number of amides is 4. The van der Waals surface area contributed by atoms with E-state index in [1.165, 1.54) is 0 Å². The lowest BCUT2D eigenvalue weighted by Gasteiger charge is -2.33. The Balaban J connectivity index is 3.03. The van der Waals surface area contributed by atoms with Crippen molar-refractivity contribution in [3.8, 4) is 0 Å². The number of hydrazine groups is 4. The summed E-state index contributed by atoms with van der Waals surface area (Å²) in [4.78, 5) is 56.9. The minimum absolute atomic E-state index is 0.171. The summed E-state index contributed by atoms with van der Waals surface area (Å²) < 4.78 is 0. The second-order valence-electron chi connectivity index (χ2n) is 8.30. The molecule has 0 aromatic carbocycles. The summed E-state index contributed by atoms with van der Waals surface area (Å²) in [7, 11) is 6.50. The summed E-state index contributed by atoms with van der Waals surface area (Å²) in [6.07, 6.45) is 0. The summed E-state index contributed by atoms with van der Waals surface area (Å²) in [5.41, 5.74) is 20.9. The van der Waals surface area contributed by atoms with Crippen molar-refractivity contribution in [3.05, 3.63) is 0 Å². The fraction of sp³-hybridized carbons (Fsp3) is 0.800. The zero-order chi connectivity index (χ0) is 26.8. The van der Waals surface area contributed by atoms with E-state index in [0.717, 1.165) is 0 Å². The van der Waals surface area contributed by atoms with Crippen LogP contribution in [0.3, 0.4) is 0 Å². The van der Waals surface area contributed by atoms with Gasteiger partial charge in [0.2, 0.25) is 23.6 Å². The van der Waals surface area contributed by atoms with Crippen LogP contribution in [0.1, 0.15) is 0 Å². The molecule has 0 atom stereocenters. The first-order valence-corrected chi connectivity index (χ1v) is 12.0. The molecular weight excluding hydrogens is 472 g/mol. The molecule has 0 saturated carbocycles. The minimum Gasteiger partial charge on any atom is -0.292 e. The van der Waals surface area contributed by atoms with Crippen molar-refractivity contribution >= 4 is 23.6 Å². The zero-order valence-corrected chi connectivity index (χ0v) is 21.9. The van der Waals surface area contributed by atoms with Gasteiger partial charge in [-0.15, -0.1) is 0 Å². The Labute approximate surface area is 213 Å². The van der Waals surface area contributed by atoms with Gasteiger partial charge >= 0.3 is 0 Å². The van der Waals surface area contributed by atoms with Crippen LogP contribution in [0.25, 0.3) is 0 Å². The van der Waals surface area contributed by atoms with E-state index in [4.69, 9.17) is 0 Å². The van der Waals surface area contributed by atoms with Crippen molar-refractivity contribution in [2.75, 3.05) is 107 Å². The third-order valence-electron chi connectivity index (χ3n) is 5.46. The molecule has 1 rings (SSSR count). The quantitative estimate of drug-likeness (QED) is 0.115. The number of hydrogen-bond donors (Lipinski definition) is 8. The van der Waals surface area contributed by atoms with E-state index >= 15 is 0 Å². The van der Waals surface area contributed by atoms with Crippen molar-refractivity contribution in [1.29, 1.82) is 0 Å². The monoisotopic (exact) mass is 516 g/mol. The molecule has 0 radical (unpaired) electrons. The lowest BCUT2D eigenvalue weighted by atomic mass is 10.3. The molecule has 1 aliphatic heterocycles. The van der Waals surface area contributed by atoms with Gasteiger partial charge in [-0.05, 0) is 0 Å². The van der Waals surface area contributed by atoms with E-state index in [1.54, 1.807) is 28.2 Å². The van der Waals surface area contributed by atoms with Crippen molar-refractivity contribution in [3.63, 3.8) is 0 Å². The largest absolute Gasteiger partial charge is 0.292 e. The van der Waals surface area contributed by atoms with Gasteiger partial charge in [0.05, 0.1) is 26.2 Å². The molecule has 0 unspecified atom stereocenters. The van der Waals surface area contributed by atoms with E-state index in [9.17, 15) is 19.2 Å². The first kappa shape index (κ1) is 31.6. The maximum absolute atomic E-state index is 12.2. The molecule has 16 heteroatoms. The summed E-state index contributed by atoms with van der Waals surface area (Å²) in [5, 5.41) is 0. The summed E-state index contributed by atoms with van der Waals surface area (Å²) >= 11 is 0. The van der Waals surface area contributed by atoms with Gasteiger partial charge in [0.25, 0.3) is 0 Å². The van der Waals surface area contributed by atoms with Crippen molar-refractivity contribution in [1.82, 2.24) is 63.0 Å². The van der Waals surface area contributed by atoms with Crippen LogP contribution >= 0.6 is 0 Å². The Hall–Kier alpha value is -2.44. The average molecular weight is 517 g/mol. The molecule has 36 heavy (non-hydrogen) atoms. The molecule has 4 amide bonds. The third-order valence-corrected chi connectivity index (χ3v) is 5.46. The summed E-state index contributed by atoms with van der Waals surface area (Å²) in [6, 6.07) is 0. The molecule has 0 aliphatic carbocycles. The van der Waals surface area contributed by atoms with E-state index in [-0.39, 0.29) is 49.8 Å². The van der Waals surface area contributed by atoms with Crippen molar-refractivity contribution in [2.45, 2.75) is 0 Å². The highest BCUT2D eigenvalue weighted by molar-refractivity contribution is 5.78. The maximum atomic E-state index is 12.2. The molecule has 0 aromatic heterocycles. The molecule has 1 heterocycles. The Bertz CT molecular complexity index is 555. The number of hydrogen-bond acceptors (Lipinski definition) is 12. The first-order valence-electron chi connectivity index (χ1n) is 12.0. The highest BCUT2D eigenvalue weighted by Gasteiger charge is 2.21. The number of nitrogens with zero attached hydrogens (tertiary/aromatic N) is 4. The molecule has 1 saturated heterocycles. The van der Waals surface area contributed by atoms with Gasteiger partial charge in [0.1, 0.15) is 0 Å². The van der Waals surface area contributed by atoms with Gasteiger partial charge in [0, 0.05) is 80.5 Å². The van der Waals surface area contributed by atoms with Crippen LogP contribution in [0.5, 0.6) is 0 Å². The fourth-order valence-corrected chi connectivity index (χ4v) is 3.74. The van der Waals surface area contributed by atoms with Crippen LogP contribution < -0.4 is 43.4 Å². The predicted molar refractivity (Wildman–Crippen MR) is 135 cm³/mol. The molecule has 1 aliphatic rings. The highest BCUT2D eigenvalue weighted by atomic mass is 16.2. The molecule has 1 fully saturated rings. The zero-order valence-electron chi connectivity index (χ0n) is 21.9. The average Bonchev–Trinajstić information content (AvgIpc) is 2.81. The van der Waals surface area contributed by atoms with E-state index < -0.39 is 0 Å². The standard InChI is InChI=1S/C20H44N12O4/c1-21-25-17(33)13-29-5-7-30(14-18(34)26-22-2)9-11-32(16-20(36)28-24-4)12-10-31(8-6-29)15-19(35)27-23-3/h21-24H,5-16H2,1-4H3,(H,25,33)(H,26,34)(H,27,35)(H,28,36). The van der Waals surface area contributed by atoms with E-state index in [2.05, 4.69) is 43.4 Å². The van der Waals surface area contributed by atoms with Gasteiger partial charge in [-0.1, -0.05) is 0 Å². The molecule has 8 N–H and O–H groups in total. The normalized spacial score (nSPS) is 17.4. The fourth-order valence-electron chi connectivity index (χ4n) is 3.74. The van der Waals surface area contributed by atoms with Crippen LogP contribution in [-0.2, 0) is 19.2 Å². The predicted octanol–water partition coefficient (Wildman–Crippen LogP) is -5.79. The van der Waals surface area contributed by atoms with Crippen molar-refractivity contribution in [2.24, 2.45) is 0 Å². The molecular formula is C20H44N12O4. The van der Waals surface area contributed by atoms with Crippen LogP contribution in [0.4, 0.5) is 0 Å². The first-order chi connectivity index (χ1) is 17.3. The molecule has 208 valence electrons. The van der Waals surface area contributed by atoms with Crippen LogP contribution in [0.2, 0.25) is 0 Å². The second kappa shape index (κ2) is 18.8. The third kappa shape index (κ3) is 14.2. The van der Waals surface area contributed by atoms with Gasteiger partial charge < -0.3 is 0 Å². The number of rotatable bonds is 12. The molecule has 16 nitrogen and oxygen atoms in total. The van der Waals surface area contributed by atoms with Gasteiger partial charge in [-0.3, -0.25) is 60.5 Å². The molecule has 0 aromatic rings. The van der Waals surface area contributed by atoms with Crippen molar-refractivity contribution < 1.29 is 19.2 Å². The summed E-state index contributed by atoms with van der Waals surface area (Å²) in [6.45, 7) is 5.02. The highest BCUT2D eigenvalue weighted by Crippen LogP contribution is 2.01. The maximum Gasteiger partial charge on any atom is 0.248 e. The second-order valence-corrected chi connectivity index (χ2v) is 8.30. The Morgan fingerprint density at radius 3 is 0.722 bits per heavy atom. The van der Waals surface area contributed by atoms with Gasteiger partial charge in [0.15, 0.2) is 0 Å². The lowest BCUT2D eigenvalue weighted by Crippen LogP contribution is -2.53. The van der Waals surface area contributed by atoms with Gasteiger partial charge in [-0.25, -0.2) is 21.7 Å². The Kier molecular flexibility index (Phi) is 16.5. The topological polar surface area (TPSA) is 177 Å². The SMILES string of the molecule is CNNC(=O)CN1CCN(CC(=O)NNC)CCN(CC(=O)NNC)CCN(CC(=O)NNC)CC1. The smallest absolute Gasteiger partial charge is 0.248 e. The molecule has 0 spiro atoms. The number of nitrogens with one attached hydrogen (secondary N) is 8. The number of carbonyl (C=O) groups excluding carboxylic acids is 4. The molecule has 0 bridgehead atoms. The number of carbonyl (C=O) groups is 4. The Morgan fingerprint density at radius 2 is 0.583 bits per heavy atom. The minimum atomic E-state index is -0.176. The van der Waals surface area contributed by atoms with Crippen LogP contribution in [0.15, 0.2) is 0 Å².